The van der Waals surface area contributed by atoms with Gasteiger partial charge in [0.25, 0.3) is 0 Å². The average molecular weight is 303 g/mol. The topological polar surface area (TPSA) is 66.4 Å². The Morgan fingerprint density at radius 3 is 2.36 bits per heavy atom. The molecule has 4 nitrogen and oxygen atoms in total. The number of amides is 1. The molecule has 0 heterocycles. The van der Waals surface area contributed by atoms with Crippen molar-refractivity contribution < 1.29 is 14.7 Å². The Labute approximate surface area is 131 Å². The van der Waals surface area contributed by atoms with E-state index in [2.05, 4.69) is 5.32 Å². The maximum Gasteiger partial charge on any atom is 0.306 e. The molecule has 1 aromatic rings. The van der Waals surface area contributed by atoms with Gasteiger partial charge in [0.1, 0.15) is 0 Å². The van der Waals surface area contributed by atoms with E-state index in [1.54, 1.807) is 0 Å². The summed E-state index contributed by atoms with van der Waals surface area (Å²) in [6.07, 6.45) is 3.89. The molecule has 0 bridgehead atoms. The van der Waals surface area contributed by atoms with Crippen LogP contribution in [0.15, 0.2) is 30.3 Å². The number of hydrogen-bond acceptors (Lipinski definition) is 2. The van der Waals surface area contributed by atoms with E-state index >= 15 is 0 Å². The first-order valence-electron chi connectivity index (χ1n) is 8.16. The standard InChI is InChI=1S/C18H25NO3/c1-2-16(14-8-10-15(11-9-14)18(21)22)17(20)19-12-13-6-4-3-5-7-13/h3-7,14-16H,2,8-12H2,1H3,(H,19,20)(H,21,22). The van der Waals surface area contributed by atoms with Gasteiger partial charge in [0.2, 0.25) is 5.91 Å². The number of nitrogens with one attached hydrogen (secondary N) is 1. The van der Waals surface area contributed by atoms with E-state index in [1.807, 2.05) is 37.3 Å². The highest BCUT2D eigenvalue weighted by molar-refractivity contribution is 5.79. The van der Waals surface area contributed by atoms with E-state index < -0.39 is 5.97 Å². The number of rotatable bonds is 6. The van der Waals surface area contributed by atoms with Crippen LogP contribution < -0.4 is 5.32 Å². The van der Waals surface area contributed by atoms with Gasteiger partial charge in [-0.3, -0.25) is 9.59 Å². The minimum Gasteiger partial charge on any atom is -0.481 e. The Balaban J connectivity index is 1.85. The molecule has 2 N–H and O–H groups in total. The molecule has 1 unspecified atom stereocenters. The Hall–Kier alpha value is -1.84. The molecule has 22 heavy (non-hydrogen) atoms. The van der Waals surface area contributed by atoms with E-state index in [0.29, 0.717) is 25.3 Å². The lowest BCUT2D eigenvalue weighted by Gasteiger charge is -2.31. The van der Waals surface area contributed by atoms with Gasteiger partial charge < -0.3 is 10.4 Å². The highest BCUT2D eigenvalue weighted by Gasteiger charge is 2.32. The quantitative estimate of drug-likeness (QED) is 0.848. The summed E-state index contributed by atoms with van der Waals surface area (Å²) in [4.78, 5) is 23.4. The molecule has 0 radical (unpaired) electrons. The number of carbonyl (C=O) groups excluding carboxylic acids is 1. The first-order chi connectivity index (χ1) is 10.6. The zero-order chi connectivity index (χ0) is 15.9. The van der Waals surface area contributed by atoms with E-state index in [4.69, 9.17) is 5.11 Å². The summed E-state index contributed by atoms with van der Waals surface area (Å²) in [6.45, 7) is 2.59. The van der Waals surface area contributed by atoms with E-state index in [0.717, 1.165) is 24.8 Å². The highest BCUT2D eigenvalue weighted by Crippen LogP contribution is 2.35. The molecular formula is C18H25NO3. The second kappa shape index (κ2) is 7.97. The number of hydrogen-bond donors (Lipinski definition) is 2. The monoisotopic (exact) mass is 303 g/mol. The molecule has 0 aliphatic heterocycles. The predicted octanol–water partition coefficient (Wildman–Crippen LogP) is 3.22. The van der Waals surface area contributed by atoms with Crippen molar-refractivity contribution in [3.05, 3.63) is 35.9 Å². The maximum absolute atomic E-state index is 12.4. The molecule has 120 valence electrons. The van der Waals surface area contributed by atoms with Crippen LogP contribution in [0.5, 0.6) is 0 Å². The molecule has 1 aliphatic rings. The lowest BCUT2D eigenvalue weighted by atomic mass is 9.74. The van der Waals surface area contributed by atoms with Gasteiger partial charge in [-0.15, -0.1) is 0 Å². The first kappa shape index (κ1) is 16.5. The Kier molecular flexibility index (Phi) is 5.99. The Bertz CT molecular complexity index is 492. The van der Waals surface area contributed by atoms with Gasteiger partial charge in [0.15, 0.2) is 0 Å². The summed E-state index contributed by atoms with van der Waals surface area (Å²) >= 11 is 0. The maximum atomic E-state index is 12.4. The van der Waals surface area contributed by atoms with E-state index in [9.17, 15) is 9.59 Å². The smallest absolute Gasteiger partial charge is 0.306 e. The summed E-state index contributed by atoms with van der Waals surface area (Å²) in [7, 11) is 0. The van der Waals surface area contributed by atoms with Crippen LogP contribution >= 0.6 is 0 Å². The van der Waals surface area contributed by atoms with Crippen LogP contribution in [-0.4, -0.2) is 17.0 Å². The van der Waals surface area contributed by atoms with Crippen molar-refractivity contribution in [1.82, 2.24) is 5.32 Å². The van der Waals surface area contributed by atoms with Gasteiger partial charge in [-0.25, -0.2) is 0 Å². The molecule has 1 fully saturated rings. The highest BCUT2D eigenvalue weighted by atomic mass is 16.4. The molecule has 0 saturated heterocycles. The number of carboxylic acids is 1. The third-order valence-corrected chi connectivity index (χ3v) is 4.78. The molecule has 0 spiro atoms. The lowest BCUT2D eigenvalue weighted by molar-refractivity contribution is -0.143. The van der Waals surface area contributed by atoms with E-state index in [1.165, 1.54) is 0 Å². The first-order valence-corrected chi connectivity index (χ1v) is 8.16. The van der Waals surface area contributed by atoms with Crippen LogP contribution in [-0.2, 0) is 16.1 Å². The molecule has 1 aromatic carbocycles. The molecular weight excluding hydrogens is 278 g/mol. The summed E-state index contributed by atoms with van der Waals surface area (Å²) < 4.78 is 0. The van der Waals surface area contributed by atoms with Crippen LogP contribution in [0.25, 0.3) is 0 Å². The van der Waals surface area contributed by atoms with Gasteiger partial charge >= 0.3 is 5.97 Å². The van der Waals surface area contributed by atoms with Gasteiger partial charge in [-0.2, -0.15) is 0 Å². The fraction of sp³-hybridized carbons (Fsp3) is 0.556. The second-order valence-electron chi connectivity index (χ2n) is 6.17. The van der Waals surface area contributed by atoms with E-state index in [-0.39, 0.29) is 17.7 Å². The Morgan fingerprint density at radius 1 is 1.18 bits per heavy atom. The van der Waals surface area contributed by atoms with Gasteiger partial charge in [0.05, 0.1) is 5.92 Å². The van der Waals surface area contributed by atoms with Crippen LogP contribution in [0.2, 0.25) is 0 Å². The molecule has 2 rings (SSSR count). The molecule has 1 atom stereocenters. The van der Waals surface area contributed by atoms with Gasteiger partial charge in [-0.05, 0) is 43.6 Å². The second-order valence-corrected chi connectivity index (χ2v) is 6.17. The van der Waals surface area contributed by atoms with Crippen molar-refractivity contribution in [2.24, 2.45) is 17.8 Å². The van der Waals surface area contributed by atoms with Gasteiger partial charge in [0, 0.05) is 12.5 Å². The van der Waals surface area contributed by atoms with Crippen molar-refractivity contribution in [1.29, 1.82) is 0 Å². The fourth-order valence-corrected chi connectivity index (χ4v) is 3.42. The summed E-state index contributed by atoms with van der Waals surface area (Å²) in [5, 5.41) is 12.1. The predicted molar refractivity (Wildman–Crippen MR) is 85.2 cm³/mol. The van der Waals surface area contributed by atoms with Crippen molar-refractivity contribution in [2.75, 3.05) is 0 Å². The number of carboxylic acid groups (broad SMARTS) is 1. The largest absolute Gasteiger partial charge is 0.481 e. The summed E-state index contributed by atoms with van der Waals surface area (Å²) in [6, 6.07) is 9.89. The third-order valence-electron chi connectivity index (χ3n) is 4.78. The molecule has 1 amide bonds. The van der Waals surface area contributed by atoms with Crippen LogP contribution in [0, 0.1) is 17.8 Å². The minimum absolute atomic E-state index is 0.00143. The fourth-order valence-electron chi connectivity index (χ4n) is 3.42. The third kappa shape index (κ3) is 4.33. The number of aliphatic carboxylic acids is 1. The van der Waals surface area contributed by atoms with Crippen LogP contribution in [0.4, 0.5) is 0 Å². The van der Waals surface area contributed by atoms with Crippen molar-refractivity contribution in [3.8, 4) is 0 Å². The number of carbonyl (C=O) groups is 2. The number of benzene rings is 1. The molecule has 4 heteroatoms. The zero-order valence-electron chi connectivity index (χ0n) is 13.1. The average Bonchev–Trinajstić information content (AvgIpc) is 2.55. The van der Waals surface area contributed by atoms with Crippen LogP contribution in [0.3, 0.4) is 0 Å². The Morgan fingerprint density at radius 2 is 1.82 bits per heavy atom. The minimum atomic E-state index is -0.694. The molecule has 0 aromatic heterocycles. The van der Waals surface area contributed by atoms with Crippen molar-refractivity contribution in [2.45, 2.75) is 45.6 Å². The summed E-state index contributed by atoms with van der Waals surface area (Å²) in [5.41, 5.74) is 1.10. The van der Waals surface area contributed by atoms with Crippen LogP contribution in [0.1, 0.15) is 44.6 Å². The van der Waals surface area contributed by atoms with Crippen molar-refractivity contribution >= 4 is 11.9 Å². The van der Waals surface area contributed by atoms with Crippen molar-refractivity contribution in [3.63, 3.8) is 0 Å². The zero-order valence-corrected chi connectivity index (χ0v) is 13.1. The summed E-state index contributed by atoms with van der Waals surface area (Å²) in [5.74, 6) is -0.499. The SMILES string of the molecule is CCC(C(=O)NCc1ccccc1)C1CCC(C(=O)O)CC1. The molecule has 1 aliphatic carbocycles. The normalized spacial score (nSPS) is 22.8. The van der Waals surface area contributed by atoms with Gasteiger partial charge in [-0.1, -0.05) is 37.3 Å². The lowest BCUT2D eigenvalue weighted by Crippen LogP contribution is -2.36. The molecule has 1 saturated carbocycles.